The summed E-state index contributed by atoms with van der Waals surface area (Å²) in [7, 11) is 0. The predicted molar refractivity (Wildman–Crippen MR) is 44.0 cm³/mol. The fourth-order valence-electron chi connectivity index (χ4n) is 0.872. The van der Waals surface area contributed by atoms with Crippen molar-refractivity contribution in [3.63, 3.8) is 0 Å². The molecular formula is C8H6ClFN2. The standard InChI is InChI=1S/C8H6ClFN2/c9-5-2-1-3-6(10)8(5)7(12)4-11/h1-3,7H,12H2. The van der Waals surface area contributed by atoms with Gasteiger partial charge in [-0.15, -0.1) is 0 Å². The highest BCUT2D eigenvalue weighted by Gasteiger charge is 2.13. The van der Waals surface area contributed by atoms with Crippen LogP contribution in [0, 0.1) is 17.1 Å². The molecule has 1 aromatic rings. The maximum atomic E-state index is 13.0. The molecule has 2 N–H and O–H groups in total. The van der Waals surface area contributed by atoms with E-state index in [2.05, 4.69) is 0 Å². The van der Waals surface area contributed by atoms with Crippen LogP contribution >= 0.6 is 11.6 Å². The second kappa shape index (κ2) is 3.53. The minimum atomic E-state index is -1.00. The molecular weight excluding hydrogens is 179 g/mol. The van der Waals surface area contributed by atoms with E-state index >= 15 is 0 Å². The largest absolute Gasteiger partial charge is 0.312 e. The SMILES string of the molecule is N#CC(N)c1c(F)cccc1Cl. The van der Waals surface area contributed by atoms with Crippen LogP contribution in [0.5, 0.6) is 0 Å². The minimum Gasteiger partial charge on any atom is -0.312 e. The summed E-state index contributed by atoms with van der Waals surface area (Å²) >= 11 is 5.63. The molecule has 0 amide bonds. The van der Waals surface area contributed by atoms with E-state index in [1.807, 2.05) is 0 Å². The Morgan fingerprint density at radius 2 is 2.25 bits per heavy atom. The number of nitriles is 1. The molecule has 1 aromatic carbocycles. The summed E-state index contributed by atoms with van der Waals surface area (Å²) in [5.41, 5.74) is 5.37. The number of nitrogens with zero attached hydrogens (tertiary/aromatic N) is 1. The molecule has 0 aliphatic rings. The average molecular weight is 185 g/mol. The molecule has 0 aliphatic carbocycles. The van der Waals surface area contributed by atoms with Gasteiger partial charge < -0.3 is 5.73 Å². The van der Waals surface area contributed by atoms with Crippen molar-refractivity contribution in [2.75, 3.05) is 0 Å². The van der Waals surface area contributed by atoms with Gasteiger partial charge in [0.05, 0.1) is 6.07 Å². The van der Waals surface area contributed by atoms with Crippen LogP contribution in [0.1, 0.15) is 11.6 Å². The molecule has 0 aromatic heterocycles. The third-order valence-electron chi connectivity index (χ3n) is 1.45. The molecule has 0 aliphatic heterocycles. The Kier molecular flexibility index (Phi) is 2.64. The van der Waals surface area contributed by atoms with Crippen molar-refractivity contribution in [2.24, 2.45) is 5.73 Å². The van der Waals surface area contributed by atoms with Gasteiger partial charge in [0.2, 0.25) is 0 Å². The summed E-state index contributed by atoms with van der Waals surface area (Å²) in [6.07, 6.45) is 0. The first kappa shape index (κ1) is 8.98. The van der Waals surface area contributed by atoms with Gasteiger partial charge in [0.25, 0.3) is 0 Å². The fraction of sp³-hybridized carbons (Fsp3) is 0.125. The lowest BCUT2D eigenvalue weighted by molar-refractivity contribution is 0.604. The third kappa shape index (κ3) is 1.55. The molecule has 1 unspecified atom stereocenters. The first-order chi connectivity index (χ1) is 5.66. The second-order valence-corrected chi connectivity index (χ2v) is 2.65. The van der Waals surface area contributed by atoms with E-state index in [1.165, 1.54) is 18.2 Å². The molecule has 0 saturated heterocycles. The maximum absolute atomic E-state index is 13.0. The lowest BCUT2D eigenvalue weighted by Gasteiger charge is -2.05. The van der Waals surface area contributed by atoms with Crippen LogP contribution < -0.4 is 5.73 Å². The highest BCUT2D eigenvalue weighted by atomic mass is 35.5. The molecule has 0 saturated carbocycles. The zero-order chi connectivity index (χ0) is 9.14. The monoisotopic (exact) mass is 184 g/mol. The second-order valence-electron chi connectivity index (χ2n) is 2.24. The molecule has 0 fully saturated rings. The number of benzene rings is 1. The molecule has 0 spiro atoms. The Bertz CT molecular complexity index is 312. The molecule has 1 rings (SSSR count). The zero-order valence-corrected chi connectivity index (χ0v) is 6.85. The molecule has 0 radical (unpaired) electrons. The summed E-state index contributed by atoms with van der Waals surface area (Å²) in [5, 5.41) is 8.62. The summed E-state index contributed by atoms with van der Waals surface area (Å²) in [6.45, 7) is 0. The van der Waals surface area contributed by atoms with Crippen molar-refractivity contribution < 1.29 is 4.39 Å². The Morgan fingerprint density at radius 3 is 2.75 bits per heavy atom. The van der Waals surface area contributed by atoms with Gasteiger partial charge in [-0.1, -0.05) is 17.7 Å². The van der Waals surface area contributed by atoms with Crippen molar-refractivity contribution in [2.45, 2.75) is 6.04 Å². The number of nitrogens with two attached hydrogens (primary N) is 1. The van der Waals surface area contributed by atoms with E-state index in [4.69, 9.17) is 22.6 Å². The van der Waals surface area contributed by atoms with E-state index in [0.29, 0.717) is 0 Å². The number of hydrogen-bond acceptors (Lipinski definition) is 2. The van der Waals surface area contributed by atoms with Gasteiger partial charge in [-0.3, -0.25) is 0 Å². The van der Waals surface area contributed by atoms with Gasteiger partial charge >= 0.3 is 0 Å². The fourth-order valence-corrected chi connectivity index (χ4v) is 1.15. The highest BCUT2D eigenvalue weighted by molar-refractivity contribution is 6.31. The van der Waals surface area contributed by atoms with Crippen LogP contribution in [-0.2, 0) is 0 Å². The van der Waals surface area contributed by atoms with Crippen molar-refractivity contribution in [1.29, 1.82) is 5.26 Å². The van der Waals surface area contributed by atoms with Crippen LogP contribution in [0.2, 0.25) is 5.02 Å². The third-order valence-corrected chi connectivity index (χ3v) is 1.78. The predicted octanol–water partition coefficient (Wildman–Crippen LogP) is 2.00. The van der Waals surface area contributed by atoms with E-state index in [0.717, 1.165) is 0 Å². The number of rotatable bonds is 1. The lowest BCUT2D eigenvalue weighted by Crippen LogP contribution is -2.09. The van der Waals surface area contributed by atoms with Crippen molar-refractivity contribution in [1.82, 2.24) is 0 Å². The van der Waals surface area contributed by atoms with E-state index in [1.54, 1.807) is 6.07 Å². The topological polar surface area (TPSA) is 49.8 Å². The average Bonchev–Trinajstić information content (AvgIpc) is 2.03. The molecule has 1 atom stereocenters. The molecule has 4 heteroatoms. The number of halogens is 2. The first-order valence-electron chi connectivity index (χ1n) is 3.26. The van der Waals surface area contributed by atoms with Crippen molar-refractivity contribution >= 4 is 11.6 Å². The van der Waals surface area contributed by atoms with E-state index in [9.17, 15) is 4.39 Å². The van der Waals surface area contributed by atoms with Gasteiger partial charge in [-0.25, -0.2) is 4.39 Å². The zero-order valence-electron chi connectivity index (χ0n) is 6.09. The van der Waals surface area contributed by atoms with Crippen LogP contribution in [-0.4, -0.2) is 0 Å². The summed E-state index contributed by atoms with van der Waals surface area (Å²) in [5.74, 6) is -0.545. The Balaban J connectivity index is 3.23. The van der Waals surface area contributed by atoms with Crippen LogP contribution in [0.15, 0.2) is 18.2 Å². The van der Waals surface area contributed by atoms with Gasteiger partial charge in [-0.05, 0) is 12.1 Å². The van der Waals surface area contributed by atoms with Crippen LogP contribution in [0.4, 0.5) is 4.39 Å². The lowest BCUT2D eigenvalue weighted by atomic mass is 10.1. The van der Waals surface area contributed by atoms with Gasteiger partial charge in [-0.2, -0.15) is 5.26 Å². The molecule has 0 heterocycles. The summed E-state index contributed by atoms with van der Waals surface area (Å²) in [6, 6.07) is 4.90. The normalized spacial score (nSPS) is 12.2. The quantitative estimate of drug-likeness (QED) is 0.726. The molecule has 12 heavy (non-hydrogen) atoms. The van der Waals surface area contributed by atoms with Gasteiger partial charge in [0, 0.05) is 10.6 Å². The smallest absolute Gasteiger partial charge is 0.130 e. The van der Waals surface area contributed by atoms with E-state index < -0.39 is 11.9 Å². The van der Waals surface area contributed by atoms with Crippen LogP contribution in [0.3, 0.4) is 0 Å². The van der Waals surface area contributed by atoms with Crippen molar-refractivity contribution in [3.05, 3.63) is 34.6 Å². The Hall–Kier alpha value is -1.11. The van der Waals surface area contributed by atoms with Crippen LogP contribution in [0.25, 0.3) is 0 Å². The number of hydrogen-bond donors (Lipinski definition) is 1. The van der Waals surface area contributed by atoms with Crippen molar-refractivity contribution in [3.8, 4) is 6.07 Å². The summed E-state index contributed by atoms with van der Waals surface area (Å²) < 4.78 is 13.0. The Morgan fingerprint density at radius 1 is 1.58 bits per heavy atom. The van der Waals surface area contributed by atoms with Gasteiger partial charge in [0.15, 0.2) is 0 Å². The van der Waals surface area contributed by atoms with E-state index in [-0.39, 0.29) is 10.6 Å². The minimum absolute atomic E-state index is 0.0571. The van der Waals surface area contributed by atoms with Gasteiger partial charge in [0.1, 0.15) is 11.9 Å². The first-order valence-corrected chi connectivity index (χ1v) is 3.63. The summed E-state index contributed by atoms with van der Waals surface area (Å²) in [4.78, 5) is 0. The Labute approximate surface area is 74.4 Å². The maximum Gasteiger partial charge on any atom is 0.130 e. The molecule has 62 valence electrons. The molecule has 2 nitrogen and oxygen atoms in total. The molecule has 0 bridgehead atoms. The highest BCUT2D eigenvalue weighted by Crippen LogP contribution is 2.23.